The minimum atomic E-state index is -0.559. The smallest absolute Gasteiger partial charge is 0.333 e. The number of nitrogen functional groups attached to an aromatic ring is 1. The maximum Gasteiger partial charge on any atom is 0.333 e. The summed E-state index contributed by atoms with van der Waals surface area (Å²) in [6, 6.07) is 13.0. The first-order valence-corrected chi connectivity index (χ1v) is 7.32. The van der Waals surface area contributed by atoms with E-state index in [4.69, 9.17) is 17.3 Å². The highest BCUT2D eigenvalue weighted by Crippen LogP contribution is 2.19. The number of nitrogens with zero attached hydrogens (tertiary/aromatic N) is 1. The number of hydrogen-bond donors (Lipinski definition) is 2. The number of amides is 1. The van der Waals surface area contributed by atoms with E-state index in [9.17, 15) is 9.59 Å². The topological polar surface area (TPSA) is 77.1 Å². The summed E-state index contributed by atoms with van der Waals surface area (Å²) in [5, 5.41) is 3.93. The molecule has 3 rings (SSSR count). The minimum Gasteiger partial charge on any atom is -0.399 e. The summed E-state index contributed by atoms with van der Waals surface area (Å²) in [5.41, 5.74) is 7.32. The Hall–Kier alpha value is -2.79. The highest BCUT2D eigenvalue weighted by atomic mass is 35.5. The van der Waals surface area contributed by atoms with E-state index in [-0.39, 0.29) is 5.56 Å². The van der Waals surface area contributed by atoms with Crippen LogP contribution in [0, 0.1) is 6.92 Å². The van der Waals surface area contributed by atoms with Crippen LogP contribution in [0.2, 0.25) is 5.02 Å². The molecule has 6 heteroatoms. The fourth-order valence-corrected chi connectivity index (χ4v) is 2.59. The summed E-state index contributed by atoms with van der Waals surface area (Å²) in [5.74, 6) is 0. The zero-order valence-electron chi connectivity index (χ0n) is 12.3. The van der Waals surface area contributed by atoms with Gasteiger partial charge in [-0.1, -0.05) is 23.7 Å². The van der Waals surface area contributed by atoms with Gasteiger partial charge in [0.15, 0.2) is 0 Å². The number of halogens is 1. The first-order chi connectivity index (χ1) is 11.0. The molecule has 116 valence electrons. The van der Waals surface area contributed by atoms with Gasteiger partial charge < -0.3 is 11.1 Å². The number of aryl methyl sites for hydroxylation is 1. The number of nitrogens with one attached hydrogen (secondary N) is 1. The number of carbonyl (C=O) groups excluding carboxylic acids is 1. The van der Waals surface area contributed by atoms with Gasteiger partial charge in [-0.05, 0) is 48.7 Å². The summed E-state index contributed by atoms with van der Waals surface area (Å²) in [6.07, 6.45) is 0. The molecule has 3 N–H and O–H groups in total. The van der Waals surface area contributed by atoms with Crippen LogP contribution >= 0.6 is 11.6 Å². The molecule has 0 spiro atoms. The van der Waals surface area contributed by atoms with Gasteiger partial charge >= 0.3 is 6.03 Å². The number of carbonyl (C=O) groups is 1. The quantitative estimate of drug-likeness (QED) is 0.670. The monoisotopic (exact) mass is 327 g/mol. The molecule has 0 bridgehead atoms. The number of pyridine rings is 1. The Morgan fingerprint density at radius 2 is 1.96 bits per heavy atom. The molecule has 0 aliphatic rings. The zero-order chi connectivity index (χ0) is 16.6. The molecule has 0 atom stereocenters. The van der Waals surface area contributed by atoms with Crippen molar-refractivity contribution in [3.05, 3.63) is 69.5 Å². The lowest BCUT2D eigenvalue weighted by Gasteiger charge is -2.12. The predicted molar refractivity (Wildman–Crippen MR) is 93.2 cm³/mol. The average Bonchev–Trinajstić information content (AvgIpc) is 2.49. The highest BCUT2D eigenvalue weighted by molar-refractivity contribution is 6.30. The predicted octanol–water partition coefficient (Wildman–Crippen LogP) is 3.63. The van der Waals surface area contributed by atoms with Crippen LogP contribution in [0.3, 0.4) is 0 Å². The molecule has 0 saturated heterocycles. The molecular formula is C17H14ClN3O2. The summed E-state index contributed by atoms with van der Waals surface area (Å²) in [7, 11) is 0. The van der Waals surface area contributed by atoms with Gasteiger partial charge in [0.2, 0.25) is 0 Å². The Morgan fingerprint density at radius 1 is 1.17 bits per heavy atom. The van der Waals surface area contributed by atoms with Crippen molar-refractivity contribution in [1.82, 2.24) is 4.57 Å². The van der Waals surface area contributed by atoms with Gasteiger partial charge in [-0.25, -0.2) is 9.36 Å². The number of aromatic nitrogens is 1. The highest BCUT2D eigenvalue weighted by Gasteiger charge is 2.14. The maximum absolute atomic E-state index is 12.6. The molecule has 0 unspecified atom stereocenters. The van der Waals surface area contributed by atoms with E-state index in [1.165, 1.54) is 0 Å². The van der Waals surface area contributed by atoms with E-state index in [0.717, 1.165) is 9.95 Å². The van der Waals surface area contributed by atoms with E-state index in [0.29, 0.717) is 27.5 Å². The van der Waals surface area contributed by atoms with Crippen molar-refractivity contribution >= 4 is 39.9 Å². The molecule has 0 aliphatic carbocycles. The molecule has 1 aromatic heterocycles. The normalized spacial score (nSPS) is 10.7. The summed E-state index contributed by atoms with van der Waals surface area (Å²) >= 11 is 5.91. The molecule has 2 aromatic carbocycles. The fraction of sp³-hybridized carbons (Fsp3) is 0.0588. The van der Waals surface area contributed by atoms with Crippen molar-refractivity contribution in [2.45, 2.75) is 6.92 Å². The molecule has 0 saturated carbocycles. The second kappa shape index (κ2) is 5.78. The van der Waals surface area contributed by atoms with Crippen molar-refractivity contribution in [2.75, 3.05) is 11.1 Å². The maximum atomic E-state index is 12.6. The second-order valence-electron chi connectivity index (χ2n) is 5.23. The van der Waals surface area contributed by atoms with Gasteiger partial charge in [0, 0.05) is 22.0 Å². The Balaban J connectivity index is 2.14. The lowest BCUT2D eigenvalue weighted by Crippen LogP contribution is -2.32. The van der Waals surface area contributed by atoms with E-state index >= 15 is 0 Å². The summed E-state index contributed by atoms with van der Waals surface area (Å²) in [4.78, 5) is 25.0. The van der Waals surface area contributed by atoms with Crippen molar-refractivity contribution in [3.8, 4) is 0 Å². The number of benzene rings is 2. The van der Waals surface area contributed by atoms with Gasteiger partial charge in [-0.2, -0.15) is 0 Å². The standard InChI is InChI=1S/C17H14ClN3O2/c1-10-7-11-5-6-13(19)9-15(11)21(16(10)22)17(23)20-14-4-2-3-12(18)8-14/h2-9H,19H2,1H3,(H,20,23). The number of nitrogens with two attached hydrogens (primary N) is 1. The van der Waals surface area contributed by atoms with E-state index in [2.05, 4.69) is 5.32 Å². The Morgan fingerprint density at radius 3 is 2.70 bits per heavy atom. The average molecular weight is 328 g/mol. The van der Waals surface area contributed by atoms with Crippen LogP contribution < -0.4 is 16.6 Å². The van der Waals surface area contributed by atoms with Gasteiger partial charge in [0.05, 0.1) is 5.52 Å². The first kappa shape index (κ1) is 15.1. The summed E-state index contributed by atoms with van der Waals surface area (Å²) < 4.78 is 1.09. The SMILES string of the molecule is Cc1cc2ccc(N)cc2n(C(=O)Nc2cccc(Cl)c2)c1=O. The molecule has 0 aliphatic heterocycles. The summed E-state index contributed by atoms with van der Waals surface area (Å²) in [6.45, 7) is 1.67. The van der Waals surface area contributed by atoms with Crippen LogP contribution in [0.5, 0.6) is 0 Å². The lowest BCUT2D eigenvalue weighted by molar-refractivity contribution is 0.253. The largest absolute Gasteiger partial charge is 0.399 e. The van der Waals surface area contributed by atoms with Crippen LogP contribution in [-0.4, -0.2) is 10.6 Å². The zero-order valence-corrected chi connectivity index (χ0v) is 13.1. The Bertz CT molecular complexity index is 979. The molecule has 23 heavy (non-hydrogen) atoms. The first-order valence-electron chi connectivity index (χ1n) is 6.94. The van der Waals surface area contributed by atoms with Crippen LogP contribution in [0.1, 0.15) is 5.56 Å². The van der Waals surface area contributed by atoms with E-state index in [1.54, 1.807) is 55.5 Å². The molecule has 1 heterocycles. The molecule has 3 aromatic rings. The number of hydrogen-bond acceptors (Lipinski definition) is 3. The van der Waals surface area contributed by atoms with Crippen LogP contribution in [-0.2, 0) is 0 Å². The number of rotatable bonds is 1. The Labute approximate surface area is 137 Å². The van der Waals surface area contributed by atoms with E-state index in [1.807, 2.05) is 0 Å². The van der Waals surface area contributed by atoms with Gasteiger partial charge in [0.1, 0.15) is 0 Å². The van der Waals surface area contributed by atoms with Gasteiger partial charge in [0.25, 0.3) is 5.56 Å². The second-order valence-corrected chi connectivity index (χ2v) is 5.66. The van der Waals surface area contributed by atoms with Gasteiger partial charge in [-0.3, -0.25) is 4.79 Å². The van der Waals surface area contributed by atoms with Crippen molar-refractivity contribution < 1.29 is 4.79 Å². The lowest BCUT2D eigenvalue weighted by atomic mass is 10.1. The van der Waals surface area contributed by atoms with Crippen LogP contribution in [0.4, 0.5) is 16.2 Å². The number of fused-ring (bicyclic) bond motifs is 1. The van der Waals surface area contributed by atoms with Crippen LogP contribution in [0.15, 0.2) is 53.3 Å². The third-order valence-electron chi connectivity index (χ3n) is 3.49. The van der Waals surface area contributed by atoms with Crippen molar-refractivity contribution in [3.63, 3.8) is 0 Å². The fourth-order valence-electron chi connectivity index (χ4n) is 2.40. The molecular weight excluding hydrogens is 314 g/mol. The number of anilines is 2. The third-order valence-corrected chi connectivity index (χ3v) is 3.72. The van der Waals surface area contributed by atoms with Crippen LogP contribution in [0.25, 0.3) is 10.9 Å². The third kappa shape index (κ3) is 2.91. The molecule has 5 nitrogen and oxygen atoms in total. The Kier molecular flexibility index (Phi) is 3.80. The van der Waals surface area contributed by atoms with E-state index < -0.39 is 6.03 Å². The molecule has 0 radical (unpaired) electrons. The molecule has 0 fully saturated rings. The van der Waals surface area contributed by atoms with Gasteiger partial charge in [-0.15, -0.1) is 0 Å². The van der Waals surface area contributed by atoms with Crippen molar-refractivity contribution in [2.24, 2.45) is 0 Å². The minimum absolute atomic E-state index is 0.386. The van der Waals surface area contributed by atoms with Crippen molar-refractivity contribution in [1.29, 1.82) is 0 Å². The molecule has 1 amide bonds.